The van der Waals surface area contributed by atoms with E-state index in [1.807, 2.05) is 72.8 Å². The molecule has 0 saturated carbocycles. The van der Waals surface area contributed by atoms with Gasteiger partial charge in [-0.3, -0.25) is 4.79 Å². The van der Waals surface area contributed by atoms with Crippen molar-refractivity contribution in [1.82, 2.24) is 20.1 Å². The molecule has 3 aromatic carbocycles. The average molecular weight is 515 g/mol. The van der Waals surface area contributed by atoms with Crippen molar-refractivity contribution in [3.05, 3.63) is 107 Å². The van der Waals surface area contributed by atoms with Gasteiger partial charge in [0.05, 0.1) is 11.8 Å². The van der Waals surface area contributed by atoms with Crippen molar-refractivity contribution in [2.45, 2.75) is 51.5 Å². The quantitative estimate of drug-likeness (QED) is 0.232. The van der Waals surface area contributed by atoms with Gasteiger partial charge in [0.1, 0.15) is 12.4 Å². The molecule has 1 amide bonds. The van der Waals surface area contributed by atoms with Crippen LogP contribution in [0.5, 0.6) is 5.75 Å². The Hall–Kier alpha value is -3.58. The normalized spacial score (nSPS) is 11.2. The molecule has 0 aliphatic rings. The lowest BCUT2D eigenvalue weighted by molar-refractivity contribution is -0.119. The molecule has 0 radical (unpaired) electrons. The maximum Gasteiger partial charge on any atom is 0.231 e. The molecule has 0 atom stereocenters. The van der Waals surface area contributed by atoms with E-state index in [0.717, 1.165) is 40.8 Å². The summed E-state index contributed by atoms with van der Waals surface area (Å²) in [5.74, 6) is 2.13. The lowest BCUT2D eigenvalue weighted by Crippen LogP contribution is -2.30. The molecule has 7 heteroatoms. The Kier molecular flexibility index (Phi) is 9.38. The summed E-state index contributed by atoms with van der Waals surface area (Å²) in [6, 6.07) is 28.0. The van der Waals surface area contributed by atoms with Gasteiger partial charge in [-0.2, -0.15) is 0 Å². The Morgan fingerprint density at radius 1 is 0.919 bits per heavy atom. The second-order valence-corrected chi connectivity index (χ2v) is 10.2. The standard InChI is InChI=1S/C30H34N4O2S/c1-4-23-15-17-26(18-16-23)36-20-27-32-33-30(34(27)19-22(2)3)37-21-28(35)31-29(24-11-7-5-8-12-24)25-13-9-6-10-14-25/h5-18,22,29H,4,19-21H2,1-3H3,(H,31,35). The van der Waals surface area contributed by atoms with Crippen LogP contribution in [0.2, 0.25) is 0 Å². The number of rotatable bonds is 12. The maximum absolute atomic E-state index is 13.1. The highest BCUT2D eigenvalue weighted by molar-refractivity contribution is 7.99. The number of aryl methyl sites for hydroxylation is 1. The van der Waals surface area contributed by atoms with Gasteiger partial charge in [-0.1, -0.05) is 105 Å². The van der Waals surface area contributed by atoms with Crippen LogP contribution in [0.3, 0.4) is 0 Å². The number of hydrogen-bond donors (Lipinski definition) is 1. The third-order valence-corrected chi connectivity index (χ3v) is 6.91. The maximum atomic E-state index is 13.1. The minimum absolute atomic E-state index is 0.0596. The van der Waals surface area contributed by atoms with Crippen molar-refractivity contribution >= 4 is 17.7 Å². The lowest BCUT2D eigenvalue weighted by Gasteiger charge is -2.20. The molecule has 4 aromatic rings. The zero-order chi connectivity index (χ0) is 26.0. The molecule has 0 aliphatic carbocycles. The number of benzene rings is 3. The fraction of sp³-hybridized carbons (Fsp3) is 0.300. The van der Waals surface area contributed by atoms with Crippen LogP contribution < -0.4 is 10.1 Å². The Morgan fingerprint density at radius 2 is 1.54 bits per heavy atom. The highest BCUT2D eigenvalue weighted by Gasteiger charge is 2.19. The molecule has 0 spiro atoms. The van der Waals surface area contributed by atoms with Crippen molar-refractivity contribution in [2.75, 3.05) is 5.75 Å². The molecule has 0 aliphatic heterocycles. The van der Waals surface area contributed by atoms with E-state index < -0.39 is 0 Å². The summed E-state index contributed by atoms with van der Waals surface area (Å²) in [6.45, 7) is 7.51. The lowest BCUT2D eigenvalue weighted by atomic mass is 9.99. The number of nitrogens with zero attached hydrogens (tertiary/aromatic N) is 3. The van der Waals surface area contributed by atoms with Gasteiger partial charge in [-0.05, 0) is 41.2 Å². The second kappa shape index (κ2) is 13.1. The highest BCUT2D eigenvalue weighted by atomic mass is 32.2. The summed E-state index contributed by atoms with van der Waals surface area (Å²) in [5.41, 5.74) is 3.36. The Bertz CT molecular complexity index is 1220. The van der Waals surface area contributed by atoms with E-state index in [1.165, 1.54) is 17.3 Å². The fourth-order valence-corrected chi connectivity index (χ4v) is 4.81. The molecule has 1 N–H and O–H groups in total. The minimum Gasteiger partial charge on any atom is -0.486 e. The third kappa shape index (κ3) is 7.46. The van der Waals surface area contributed by atoms with Crippen LogP contribution in [-0.4, -0.2) is 26.4 Å². The molecular weight excluding hydrogens is 480 g/mol. The Balaban J connectivity index is 1.43. The molecule has 192 valence electrons. The van der Waals surface area contributed by atoms with Crippen molar-refractivity contribution in [3.8, 4) is 5.75 Å². The zero-order valence-electron chi connectivity index (χ0n) is 21.6. The van der Waals surface area contributed by atoms with Crippen LogP contribution >= 0.6 is 11.8 Å². The number of aromatic nitrogens is 3. The molecule has 4 rings (SSSR count). The number of ether oxygens (including phenoxy) is 1. The van der Waals surface area contributed by atoms with E-state index in [9.17, 15) is 4.79 Å². The van der Waals surface area contributed by atoms with E-state index in [2.05, 4.69) is 53.0 Å². The zero-order valence-corrected chi connectivity index (χ0v) is 22.4. The predicted molar refractivity (Wildman–Crippen MR) is 149 cm³/mol. The first kappa shape index (κ1) is 26.5. The Morgan fingerprint density at radius 3 is 2.11 bits per heavy atom. The largest absolute Gasteiger partial charge is 0.486 e. The van der Waals surface area contributed by atoms with E-state index >= 15 is 0 Å². The third-order valence-electron chi connectivity index (χ3n) is 5.94. The van der Waals surface area contributed by atoms with E-state index in [-0.39, 0.29) is 17.7 Å². The van der Waals surface area contributed by atoms with Crippen LogP contribution in [0.15, 0.2) is 90.1 Å². The highest BCUT2D eigenvalue weighted by Crippen LogP contribution is 2.24. The van der Waals surface area contributed by atoms with Gasteiger partial charge in [0.25, 0.3) is 0 Å². The summed E-state index contributed by atoms with van der Waals surface area (Å²) in [4.78, 5) is 13.1. The summed E-state index contributed by atoms with van der Waals surface area (Å²) in [6.07, 6.45) is 0.995. The van der Waals surface area contributed by atoms with Crippen LogP contribution in [0.1, 0.15) is 49.3 Å². The molecule has 37 heavy (non-hydrogen) atoms. The number of carbonyl (C=O) groups excluding carboxylic acids is 1. The van der Waals surface area contributed by atoms with Crippen molar-refractivity contribution in [1.29, 1.82) is 0 Å². The molecule has 6 nitrogen and oxygen atoms in total. The number of carbonyl (C=O) groups is 1. The predicted octanol–water partition coefficient (Wildman–Crippen LogP) is 6.07. The minimum atomic E-state index is -0.216. The molecule has 1 heterocycles. The smallest absolute Gasteiger partial charge is 0.231 e. The van der Waals surface area contributed by atoms with Crippen molar-refractivity contribution in [2.24, 2.45) is 5.92 Å². The number of hydrogen-bond acceptors (Lipinski definition) is 5. The monoisotopic (exact) mass is 514 g/mol. The van der Waals surface area contributed by atoms with Crippen LogP contribution in [-0.2, 0) is 24.4 Å². The van der Waals surface area contributed by atoms with E-state index in [4.69, 9.17) is 4.74 Å². The van der Waals surface area contributed by atoms with Crippen LogP contribution in [0, 0.1) is 5.92 Å². The van der Waals surface area contributed by atoms with Crippen molar-refractivity contribution < 1.29 is 9.53 Å². The number of thioether (sulfide) groups is 1. The van der Waals surface area contributed by atoms with Gasteiger partial charge < -0.3 is 14.6 Å². The summed E-state index contributed by atoms with van der Waals surface area (Å²) >= 11 is 1.40. The van der Waals surface area contributed by atoms with Gasteiger partial charge in [0, 0.05) is 6.54 Å². The molecule has 0 fully saturated rings. The van der Waals surface area contributed by atoms with Gasteiger partial charge in [0.15, 0.2) is 11.0 Å². The molecule has 0 unspecified atom stereocenters. The number of nitrogens with one attached hydrogen (secondary N) is 1. The summed E-state index contributed by atoms with van der Waals surface area (Å²) in [5, 5.41) is 12.7. The molecular formula is C30H34N4O2S. The average Bonchev–Trinajstić information content (AvgIpc) is 3.31. The van der Waals surface area contributed by atoms with E-state index in [1.54, 1.807) is 0 Å². The molecule has 1 aromatic heterocycles. The summed E-state index contributed by atoms with van der Waals surface area (Å²) < 4.78 is 8.06. The van der Waals surface area contributed by atoms with Crippen LogP contribution in [0.4, 0.5) is 0 Å². The second-order valence-electron chi connectivity index (χ2n) is 9.30. The van der Waals surface area contributed by atoms with Gasteiger partial charge >= 0.3 is 0 Å². The SMILES string of the molecule is CCc1ccc(OCc2nnc(SCC(=O)NC(c3ccccc3)c3ccccc3)n2CC(C)C)cc1. The van der Waals surface area contributed by atoms with Crippen LogP contribution in [0.25, 0.3) is 0 Å². The fourth-order valence-electron chi connectivity index (χ4n) is 4.03. The first-order valence-corrected chi connectivity index (χ1v) is 13.7. The van der Waals surface area contributed by atoms with Gasteiger partial charge in [-0.25, -0.2) is 0 Å². The van der Waals surface area contributed by atoms with Crippen molar-refractivity contribution in [3.63, 3.8) is 0 Å². The first-order chi connectivity index (χ1) is 18.0. The topological polar surface area (TPSA) is 69.0 Å². The van der Waals surface area contributed by atoms with Gasteiger partial charge in [0.2, 0.25) is 5.91 Å². The van der Waals surface area contributed by atoms with Gasteiger partial charge in [-0.15, -0.1) is 10.2 Å². The number of amides is 1. The van der Waals surface area contributed by atoms with E-state index in [0.29, 0.717) is 12.5 Å². The first-order valence-electron chi connectivity index (χ1n) is 12.7. The molecule has 0 bridgehead atoms. The summed E-state index contributed by atoms with van der Waals surface area (Å²) in [7, 11) is 0. The Labute approximate surface area is 223 Å². The molecule has 0 saturated heterocycles.